The van der Waals surface area contributed by atoms with Crippen LogP contribution in [0.2, 0.25) is 0 Å². The van der Waals surface area contributed by atoms with Crippen LogP contribution in [0.3, 0.4) is 0 Å². The molecular formula is C25H23N3O. The lowest BCUT2D eigenvalue weighted by molar-refractivity contribution is -0.122. The van der Waals surface area contributed by atoms with Crippen molar-refractivity contribution in [2.75, 3.05) is 0 Å². The first-order chi connectivity index (χ1) is 14.2. The second-order valence-corrected chi connectivity index (χ2v) is 6.99. The van der Waals surface area contributed by atoms with E-state index in [1.807, 2.05) is 109 Å². The molecule has 4 rings (SSSR count). The molecule has 4 heteroatoms. The third kappa shape index (κ3) is 4.43. The number of aromatic nitrogens is 2. The molecule has 0 aliphatic heterocycles. The first-order valence-corrected chi connectivity index (χ1v) is 9.73. The van der Waals surface area contributed by atoms with E-state index in [-0.39, 0.29) is 18.5 Å². The highest BCUT2D eigenvalue weighted by molar-refractivity contribution is 5.83. The maximum absolute atomic E-state index is 12.8. The number of rotatable bonds is 6. The van der Waals surface area contributed by atoms with Crippen LogP contribution in [0.1, 0.15) is 29.9 Å². The van der Waals surface area contributed by atoms with Crippen molar-refractivity contribution in [3.63, 3.8) is 0 Å². The summed E-state index contributed by atoms with van der Waals surface area (Å²) in [5.74, 6) is 0.719. The predicted molar refractivity (Wildman–Crippen MR) is 118 cm³/mol. The van der Waals surface area contributed by atoms with Crippen molar-refractivity contribution in [3.8, 4) is 0 Å². The van der Waals surface area contributed by atoms with Gasteiger partial charge in [0, 0.05) is 0 Å². The quantitative estimate of drug-likeness (QED) is 0.506. The van der Waals surface area contributed by atoms with Gasteiger partial charge in [-0.1, -0.05) is 78.9 Å². The van der Waals surface area contributed by atoms with Crippen LogP contribution in [0.25, 0.3) is 23.2 Å². The van der Waals surface area contributed by atoms with Crippen molar-refractivity contribution in [1.29, 1.82) is 0 Å². The summed E-state index contributed by atoms with van der Waals surface area (Å²) in [4.78, 5) is 17.5. The number of fused-ring (bicyclic) bond motifs is 1. The molecule has 1 atom stereocenters. The molecule has 1 amide bonds. The van der Waals surface area contributed by atoms with Gasteiger partial charge < -0.3 is 9.88 Å². The van der Waals surface area contributed by atoms with Crippen molar-refractivity contribution in [2.24, 2.45) is 0 Å². The number of nitrogens with zero attached hydrogens (tertiary/aromatic N) is 2. The van der Waals surface area contributed by atoms with Gasteiger partial charge >= 0.3 is 0 Å². The zero-order valence-corrected chi connectivity index (χ0v) is 16.3. The third-order valence-corrected chi connectivity index (χ3v) is 4.89. The Morgan fingerprint density at radius 1 is 0.931 bits per heavy atom. The van der Waals surface area contributed by atoms with Crippen LogP contribution < -0.4 is 5.32 Å². The van der Waals surface area contributed by atoms with E-state index >= 15 is 0 Å². The van der Waals surface area contributed by atoms with Crippen LogP contribution >= 0.6 is 0 Å². The highest BCUT2D eigenvalue weighted by Gasteiger charge is 2.14. The third-order valence-electron chi connectivity index (χ3n) is 4.89. The second-order valence-electron chi connectivity index (χ2n) is 6.99. The topological polar surface area (TPSA) is 46.9 Å². The number of hydrogen-bond acceptors (Lipinski definition) is 2. The van der Waals surface area contributed by atoms with E-state index in [2.05, 4.69) is 5.32 Å². The summed E-state index contributed by atoms with van der Waals surface area (Å²) in [6.07, 6.45) is 3.98. The smallest absolute Gasteiger partial charge is 0.240 e. The molecule has 0 spiro atoms. The Morgan fingerprint density at radius 3 is 2.34 bits per heavy atom. The van der Waals surface area contributed by atoms with Gasteiger partial charge in [-0.3, -0.25) is 4.79 Å². The minimum atomic E-state index is -0.0539. The molecule has 1 aromatic heterocycles. The summed E-state index contributed by atoms with van der Waals surface area (Å²) in [6.45, 7) is 2.21. The van der Waals surface area contributed by atoms with E-state index in [0.717, 1.165) is 28.0 Å². The molecule has 1 unspecified atom stereocenters. The van der Waals surface area contributed by atoms with E-state index in [4.69, 9.17) is 4.98 Å². The molecule has 3 aromatic carbocycles. The van der Waals surface area contributed by atoms with E-state index in [9.17, 15) is 4.79 Å². The Kier molecular flexibility index (Phi) is 5.52. The molecule has 144 valence electrons. The lowest BCUT2D eigenvalue weighted by atomic mass is 10.1. The Hall–Kier alpha value is -3.66. The highest BCUT2D eigenvalue weighted by Crippen LogP contribution is 2.19. The second kappa shape index (κ2) is 8.57. The molecule has 0 radical (unpaired) electrons. The average molecular weight is 381 g/mol. The van der Waals surface area contributed by atoms with Gasteiger partial charge in [-0.15, -0.1) is 0 Å². The molecule has 0 bridgehead atoms. The van der Waals surface area contributed by atoms with Gasteiger partial charge in [0.15, 0.2) is 0 Å². The Bertz CT molecular complexity index is 1130. The molecule has 4 aromatic rings. The van der Waals surface area contributed by atoms with Crippen LogP contribution in [0.4, 0.5) is 0 Å². The van der Waals surface area contributed by atoms with Gasteiger partial charge in [0.05, 0.1) is 17.1 Å². The summed E-state index contributed by atoms with van der Waals surface area (Å²) in [6, 6.07) is 27.9. The van der Waals surface area contributed by atoms with Crippen molar-refractivity contribution in [2.45, 2.75) is 19.5 Å². The number of carbonyl (C=O) groups excluding carboxylic acids is 1. The molecule has 0 aliphatic rings. The maximum Gasteiger partial charge on any atom is 0.240 e. The first kappa shape index (κ1) is 18.7. The molecule has 0 fully saturated rings. The standard InChI is InChI=1S/C25H23N3O/c1-19(21-12-6-3-7-13-21)26-25(29)18-28-23-15-9-8-14-22(23)27-24(28)17-16-20-10-4-2-5-11-20/h2-17,19H,18H2,1H3,(H,26,29)/b17-16+. The van der Waals surface area contributed by atoms with Crippen LogP contribution in [0, 0.1) is 0 Å². The van der Waals surface area contributed by atoms with E-state index < -0.39 is 0 Å². The fourth-order valence-electron chi connectivity index (χ4n) is 3.38. The summed E-state index contributed by atoms with van der Waals surface area (Å²) < 4.78 is 1.96. The fourth-order valence-corrected chi connectivity index (χ4v) is 3.38. The summed E-state index contributed by atoms with van der Waals surface area (Å²) in [5.41, 5.74) is 4.00. The average Bonchev–Trinajstić information content (AvgIpc) is 3.11. The van der Waals surface area contributed by atoms with Gasteiger partial charge in [0.1, 0.15) is 12.4 Å². The number of imidazole rings is 1. The Balaban J connectivity index is 1.58. The van der Waals surface area contributed by atoms with E-state index in [1.54, 1.807) is 0 Å². The molecular weight excluding hydrogens is 358 g/mol. The SMILES string of the molecule is CC(NC(=O)Cn1c(/C=C/c2ccccc2)nc2ccccc21)c1ccccc1. The van der Waals surface area contributed by atoms with Crippen LogP contribution in [-0.4, -0.2) is 15.5 Å². The molecule has 1 heterocycles. The van der Waals surface area contributed by atoms with Gasteiger partial charge in [-0.2, -0.15) is 0 Å². The molecule has 29 heavy (non-hydrogen) atoms. The lowest BCUT2D eigenvalue weighted by Crippen LogP contribution is -2.30. The maximum atomic E-state index is 12.8. The fraction of sp³-hybridized carbons (Fsp3) is 0.120. The molecule has 1 N–H and O–H groups in total. The summed E-state index contributed by atoms with van der Waals surface area (Å²) in [7, 11) is 0. The van der Waals surface area contributed by atoms with E-state index in [1.165, 1.54) is 0 Å². The predicted octanol–water partition coefficient (Wildman–Crippen LogP) is 5.08. The minimum Gasteiger partial charge on any atom is -0.348 e. The Labute approximate surface area is 170 Å². The number of hydrogen-bond donors (Lipinski definition) is 1. The number of nitrogens with one attached hydrogen (secondary N) is 1. The highest BCUT2D eigenvalue weighted by atomic mass is 16.2. The largest absolute Gasteiger partial charge is 0.348 e. The number of benzene rings is 3. The van der Waals surface area contributed by atoms with Crippen LogP contribution in [0.15, 0.2) is 84.9 Å². The number of carbonyl (C=O) groups is 1. The van der Waals surface area contributed by atoms with Gasteiger partial charge in [-0.05, 0) is 36.3 Å². The van der Waals surface area contributed by atoms with Crippen LogP contribution in [0.5, 0.6) is 0 Å². The van der Waals surface area contributed by atoms with Crippen molar-refractivity contribution < 1.29 is 4.79 Å². The van der Waals surface area contributed by atoms with Gasteiger partial charge in [0.25, 0.3) is 0 Å². The monoisotopic (exact) mass is 381 g/mol. The van der Waals surface area contributed by atoms with E-state index in [0.29, 0.717) is 0 Å². The van der Waals surface area contributed by atoms with Crippen molar-refractivity contribution >= 4 is 29.1 Å². The zero-order chi connectivity index (χ0) is 20.1. The van der Waals surface area contributed by atoms with Gasteiger partial charge in [-0.25, -0.2) is 4.98 Å². The summed E-state index contributed by atoms with van der Waals surface area (Å²) in [5, 5.41) is 3.09. The minimum absolute atomic E-state index is 0.0427. The van der Waals surface area contributed by atoms with Crippen molar-refractivity contribution in [1.82, 2.24) is 14.9 Å². The zero-order valence-electron chi connectivity index (χ0n) is 16.3. The lowest BCUT2D eigenvalue weighted by Gasteiger charge is -2.15. The first-order valence-electron chi connectivity index (χ1n) is 9.73. The molecule has 0 aliphatic carbocycles. The Morgan fingerprint density at radius 2 is 1.59 bits per heavy atom. The molecule has 4 nitrogen and oxygen atoms in total. The number of para-hydroxylation sites is 2. The van der Waals surface area contributed by atoms with Crippen LogP contribution in [-0.2, 0) is 11.3 Å². The molecule has 0 saturated heterocycles. The van der Waals surface area contributed by atoms with Crippen molar-refractivity contribution in [3.05, 3.63) is 102 Å². The normalized spacial score (nSPS) is 12.3. The number of amides is 1. The summed E-state index contributed by atoms with van der Waals surface area (Å²) >= 11 is 0. The van der Waals surface area contributed by atoms with Gasteiger partial charge in [0.2, 0.25) is 5.91 Å². The molecule has 0 saturated carbocycles.